The number of rotatable bonds is 7. The highest BCUT2D eigenvalue weighted by Gasteiger charge is 2.50. The lowest BCUT2D eigenvalue weighted by atomic mass is 10.1. The third-order valence-corrected chi connectivity index (χ3v) is 5.34. The minimum Gasteiger partial charge on any atom is -0.310 e. The molecule has 10 heteroatoms. The van der Waals surface area contributed by atoms with E-state index in [0.29, 0.717) is 23.5 Å². The van der Waals surface area contributed by atoms with Crippen molar-refractivity contribution >= 4 is 23.8 Å². The molecule has 8 nitrogen and oxygen atoms in total. The minimum absolute atomic E-state index is 0.103. The average molecular weight is 440 g/mol. The third kappa shape index (κ3) is 3.95. The molecule has 166 valence electrons. The standard InChI is InChI=1S/C22H22F2N6O2/c1-13(2)29-11-25-28-20(29)17-5-4-6-19(26-17)27-21(32)15-10-18(14(3)9-16(15)23)30(12-31)22(24)7-8-22/h4-6,9-13H,7-8H2,1-3H3,(H,26,27,32). The Hall–Kier alpha value is -3.69. The molecule has 1 N–H and O–H groups in total. The average Bonchev–Trinajstić information content (AvgIpc) is 3.29. The van der Waals surface area contributed by atoms with Gasteiger partial charge in [-0.25, -0.2) is 13.8 Å². The van der Waals surface area contributed by atoms with Gasteiger partial charge in [0.25, 0.3) is 5.91 Å². The van der Waals surface area contributed by atoms with Crippen molar-refractivity contribution in [1.29, 1.82) is 0 Å². The molecule has 1 aliphatic rings. The Labute approximate surface area is 183 Å². The monoisotopic (exact) mass is 440 g/mol. The van der Waals surface area contributed by atoms with Gasteiger partial charge in [0, 0.05) is 18.9 Å². The summed E-state index contributed by atoms with van der Waals surface area (Å²) in [7, 11) is 0. The predicted molar refractivity (Wildman–Crippen MR) is 114 cm³/mol. The predicted octanol–water partition coefficient (Wildman–Crippen LogP) is 4.04. The Morgan fingerprint density at radius 2 is 2.06 bits per heavy atom. The fourth-order valence-corrected chi connectivity index (χ4v) is 3.42. The van der Waals surface area contributed by atoms with Crippen molar-refractivity contribution in [3.63, 3.8) is 0 Å². The van der Waals surface area contributed by atoms with Crippen LogP contribution in [0.2, 0.25) is 0 Å². The molecular weight excluding hydrogens is 418 g/mol. The van der Waals surface area contributed by atoms with Crippen molar-refractivity contribution < 1.29 is 18.4 Å². The van der Waals surface area contributed by atoms with E-state index in [0.717, 1.165) is 11.0 Å². The molecule has 0 unspecified atom stereocenters. The maximum atomic E-state index is 14.6. The smallest absolute Gasteiger partial charge is 0.259 e. The molecule has 3 aromatic rings. The molecule has 32 heavy (non-hydrogen) atoms. The van der Waals surface area contributed by atoms with Crippen LogP contribution < -0.4 is 10.2 Å². The summed E-state index contributed by atoms with van der Waals surface area (Å²) in [6, 6.07) is 7.37. The molecule has 2 aromatic heterocycles. The van der Waals surface area contributed by atoms with Crippen molar-refractivity contribution in [2.75, 3.05) is 10.2 Å². The first-order valence-corrected chi connectivity index (χ1v) is 10.2. The molecule has 1 fully saturated rings. The highest BCUT2D eigenvalue weighted by molar-refractivity contribution is 6.05. The second-order valence-corrected chi connectivity index (χ2v) is 8.03. The minimum atomic E-state index is -1.79. The first kappa shape index (κ1) is 21.5. The molecule has 0 spiro atoms. The van der Waals surface area contributed by atoms with Crippen LogP contribution in [-0.2, 0) is 4.79 Å². The molecule has 0 bridgehead atoms. The SMILES string of the molecule is Cc1cc(F)c(C(=O)Nc2cccc(-c3nncn3C(C)C)n2)cc1N(C=O)C1(F)CC1. The quantitative estimate of drug-likeness (QED) is 0.442. The van der Waals surface area contributed by atoms with Crippen LogP contribution in [0.5, 0.6) is 0 Å². The van der Waals surface area contributed by atoms with Crippen LogP contribution in [0.25, 0.3) is 11.5 Å². The Morgan fingerprint density at radius 3 is 2.72 bits per heavy atom. The molecule has 0 saturated heterocycles. The molecular formula is C22H22F2N6O2. The number of aromatic nitrogens is 4. The number of carbonyl (C=O) groups is 2. The molecule has 1 saturated carbocycles. The lowest BCUT2D eigenvalue weighted by Crippen LogP contribution is -2.33. The van der Waals surface area contributed by atoms with Crippen molar-refractivity contribution in [3.05, 3.63) is 53.6 Å². The lowest BCUT2D eigenvalue weighted by Gasteiger charge is -2.24. The Balaban J connectivity index is 1.63. The number of hydrogen-bond donors (Lipinski definition) is 1. The molecule has 2 amide bonds. The van der Waals surface area contributed by atoms with Crippen LogP contribution in [0, 0.1) is 12.7 Å². The molecule has 2 heterocycles. The van der Waals surface area contributed by atoms with E-state index in [2.05, 4.69) is 20.5 Å². The summed E-state index contributed by atoms with van der Waals surface area (Å²) < 4.78 is 31.0. The van der Waals surface area contributed by atoms with E-state index in [4.69, 9.17) is 0 Å². The van der Waals surface area contributed by atoms with Gasteiger partial charge < -0.3 is 9.88 Å². The lowest BCUT2D eigenvalue weighted by molar-refractivity contribution is -0.108. The van der Waals surface area contributed by atoms with Gasteiger partial charge >= 0.3 is 0 Å². The van der Waals surface area contributed by atoms with Gasteiger partial charge in [-0.2, -0.15) is 0 Å². The summed E-state index contributed by atoms with van der Waals surface area (Å²) in [5.41, 5.74) is 0.667. The Bertz CT molecular complexity index is 1190. The van der Waals surface area contributed by atoms with E-state index in [9.17, 15) is 18.4 Å². The molecule has 1 aliphatic carbocycles. The second kappa shape index (κ2) is 8.10. The number of pyridine rings is 1. The highest BCUT2D eigenvalue weighted by atomic mass is 19.1. The van der Waals surface area contributed by atoms with Crippen molar-refractivity contribution in [2.24, 2.45) is 0 Å². The number of benzene rings is 1. The van der Waals surface area contributed by atoms with Gasteiger partial charge in [-0.3, -0.25) is 14.5 Å². The fraction of sp³-hybridized carbons (Fsp3) is 0.318. The number of alkyl halides is 1. The van der Waals surface area contributed by atoms with Crippen LogP contribution in [0.4, 0.5) is 20.3 Å². The maximum absolute atomic E-state index is 14.6. The highest BCUT2D eigenvalue weighted by Crippen LogP contribution is 2.45. The zero-order valence-electron chi connectivity index (χ0n) is 17.8. The van der Waals surface area contributed by atoms with Gasteiger partial charge in [-0.15, -0.1) is 10.2 Å². The van der Waals surface area contributed by atoms with E-state index in [1.54, 1.807) is 31.5 Å². The first-order valence-electron chi connectivity index (χ1n) is 10.2. The summed E-state index contributed by atoms with van der Waals surface area (Å²) in [6.07, 6.45) is 2.35. The number of nitrogens with zero attached hydrogens (tertiary/aromatic N) is 5. The molecule has 0 aliphatic heterocycles. The van der Waals surface area contributed by atoms with Gasteiger partial charge in [0.1, 0.15) is 23.7 Å². The largest absolute Gasteiger partial charge is 0.310 e. The molecule has 0 radical (unpaired) electrons. The molecule has 4 rings (SSSR count). The van der Waals surface area contributed by atoms with Gasteiger partial charge in [0.15, 0.2) is 11.6 Å². The number of halogens is 2. The summed E-state index contributed by atoms with van der Waals surface area (Å²) in [4.78, 5) is 29.6. The zero-order chi connectivity index (χ0) is 23.0. The molecule has 1 aromatic carbocycles. The Kier molecular flexibility index (Phi) is 5.45. The van der Waals surface area contributed by atoms with Gasteiger partial charge in [-0.05, 0) is 50.6 Å². The van der Waals surface area contributed by atoms with Crippen molar-refractivity contribution in [3.8, 4) is 11.5 Å². The van der Waals surface area contributed by atoms with Gasteiger partial charge in [0.2, 0.25) is 6.41 Å². The van der Waals surface area contributed by atoms with Crippen molar-refractivity contribution in [2.45, 2.75) is 45.4 Å². The summed E-state index contributed by atoms with van der Waals surface area (Å²) in [6.45, 7) is 5.50. The topological polar surface area (TPSA) is 93.0 Å². The van der Waals surface area contributed by atoms with Crippen molar-refractivity contribution in [1.82, 2.24) is 19.7 Å². The van der Waals surface area contributed by atoms with E-state index < -0.39 is 17.5 Å². The summed E-state index contributed by atoms with van der Waals surface area (Å²) in [5.74, 6) is -2.63. The number of aryl methyl sites for hydroxylation is 1. The van der Waals surface area contributed by atoms with Crippen LogP contribution in [0.3, 0.4) is 0 Å². The van der Waals surface area contributed by atoms with E-state index in [-0.39, 0.29) is 36.0 Å². The van der Waals surface area contributed by atoms with Crippen LogP contribution in [0.1, 0.15) is 48.7 Å². The number of anilines is 2. The van der Waals surface area contributed by atoms with E-state index >= 15 is 0 Å². The number of amides is 2. The van der Waals surface area contributed by atoms with Crippen LogP contribution in [-0.4, -0.2) is 37.9 Å². The van der Waals surface area contributed by atoms with Gasteiger partial charge in [0.05, 0.1) is 11.3 Å². The Morgan fingerprint density at radius 1 is 1.31 bits per heavy atom. The summed E-state index contributed by atoms with van der Waals surface area (Å²) >= 11 is 0. The zero-order valence-corrected chi connectivity index (χ0v) is 17.8. The molecule has 0 atom stereocenters. The second-order valence-electron chi connectivity index (χ2n) is 8.03. The summed E-state index contributed by atoms with van der Waals surface area (Å²) in [5, 5.41) is 10.6. The first-order chi connectivity index (χ1) is 15.2. The fourth-order valence-electron chi connectivity index (χ4n) is 3.42. The van der Waals surface area contributed by atoms with Crippen LogP contribution in [0.15, 0.2) is 36.7 Å². The van der Waals surface area contributed by atoms with Crippen LogP contribution >= 0.6 is 0 Å². The normalized spacial score (nSPS) is 14.3. The van der Waals surface area contributed by atoms with E-state index in [1.807, 2.05) is 18.4 Å². The third-order valence-electron chi connectivity index (χ3n) is 5.34. The van der Waals surface area contributed by atoms with Gasteiger partial charge in [-0.1, -0.05) is 6.07 Å². The maximum Gasteiger partial charge on any atom is 0.259 e. The van der Waals surface area contributed by atoms with E-state index in [1.165, 1.54) is 6.07 Å². The number of nitrogens with one attached hydrogen (secondary N) is 1. The number of carbonyl (C=O) groups excluding carboxylic acids is 2. The number of hydrogen-bond acceptors (Lipinski definition) is 5.